The Kier molecular flexibility index (Phi) is 3.46. The maximum Gasteiger partial charge on any atom is 0.246 e. The molecule has 1 aromatic carbocycles. The molecule has 1 saturated heterocycles. The van der Waals surface area contributed by atoms with Crippen LogP contribution in [0.5, 0.6) is 5.75 Å². The molecule has 1 aromatic rings. The second kappa shape index (κ2) is 4.84. The van der Waals surface area contributed by atoms with E-state index in [1.165, 1.54) is 0 Å². The zero-order valence-corrected chi connectivity index (χ0v) is 10.4. The van der Waals surface area contributed by atoms with Gasteiger partial charge in [-0.05, 0) is 12.1 Å². The molecular formula is C11H12BrNO3. The summed E-state index contributed by atoms with van der Waals surface area (Å²) in [5, 5.41) is 2.77. The van der Waals surface area contributed by atoms with Crippen LogP contribution in [-0.2, 0) is 9.53 Å². The minimum atomic E-state index is -0.138. The number of ether oxygens (including phenoxy) is 2. The quantitative estimate of drug-likeness (QED) is 0.899. The lowest BCUT2D eigenvalue weighted by molar-refractivity contribution is -0.133. The van der Waals surface area contributed by atoms with Gasteiger partial charge in [-0.1, -0.05) is 22.0 Å². The highest BCUT2D eigenvalue weighted by Crippen LogP contribution is 2.30. The first-order valence-electron chi connectivity index (χ1n) is 4.92. The van der Waals surface area contributed by atoms with Crippen LogP contribution in [0.15, 0.2) is 22.7 Å². The highest BCUT2D eigenvalue weighted by atomic mass is 79.9. The molecule has 86 valence electrons. The molecule has 4 nitrogen and oxygen atoms in total. The number of halogens is 1. The summed E-state index contributed by atoms with van der Waals surface area (Å²) in [5.74, 6) is 0.683. The van der Waals surface area contributed by atoms with Crippen LogP contribution in [-0.4, -0.2) is 26.2 Å². The molecule has 0 aliphatic carbocycles. The lowest BCUT2D eigenvalue weighted by Gasteiger charge is -2.24. The SMILES string of the molecule is COc1cc(Br)ccc1[C@H]1CNC(=O)CO1. The summed E-state index contributed by atoms with van der Waals surface area (Å²) in [6, 6.07) is 5.75. The van der Waals surface area contributed by atoms with Gasteiger partial charge in [-0.15, -0.1) is 0 Å². The molecular weight excluding hydrogens is 274 g/mol. The van der Waals surface area contributed by atoms with Crippen molar-refractivity contribution in [1.82, 2.24) is 5.32 Å². The van der Waals surface area contributed by atoms with Crippen LogP contribution in [0.4, 0.5) is 0 Å². The van der Waals surface area contributed by atoms with Gasteiger partial charge in [-0.25, -0.2) is 0 Å². The van der Waals surface area contributed by atoms with Crippen molar-refractivity contribution in [1.29, 1.82) is 0 Å². The molecule has 2 rings (SSSR count). The number of methoxy groups -OCH3 is 1. The molecule has 0 unspecified atom stereocenters. The Labute approximate surface area is 102 Å². The number of nitrogens with one attached hydrogen (secondary N) is 1. The van der Waals surface area contributed by atoms with Crippen LogP contribution < -0.4 is 10.1 Å². The van der Waals surface area contributed by atoms with E-state index in [4.69, 9.17) is 9.47 Å². The molecule has 1 amide bonds. The highest BCUT2D eigenvalue weighted by molar-refractivity contribution is 9.10. The van der Waals surface area contributed by atoms with E-state index in [2.05, 4.69) is 21.2 Å². The number of rotatable bonds is 2. The van der Waals surface area contributed by atoms with Gasteiger partial charge in [0.15, 0.2) is 0 Å². The van der Waals surface area contributed by atoms with Gasteiger partial charge >= 0.3 is 0 Å². The Morgan fingerprint density at radius 3 is 3.00 bits per heavy atom. The van der Waals surface area contributed by atoms with Crippen LogP contribution in [0.1, 0.15) is 11.7 Å². The number of hydrogen-bond acceptors (Lipinski definition) is 3. The van der Waals surface area contributed by atoms with Crippen LogP contribution in [0.2, 0.25) is 0 Å². The average molecular weight is 286 g/mol. The number of benzene rings is 1. The van der Waals surface area contributed by atoms with Crippen molar-refractivity contribution in [2.45, 2.75) is 6.10 Å². The number of hydrogen-bond donors (Lipinski definition) is 1. The normalized spacial score (nSPS) is 20.4. The Hall–Kier alpha value is -1.07. The molecule has 1 atom stereocenters. The Morgan fingerprint density at radius 1 is 1.56 bits per heavy atom. The second-order valence-corrected chi connectivity index (χ2v) is 4.41. The minimum Gasteiger partial charge on any atom is -0.496 e. The Balaban J connectivity index is 2.22. The molecule has 0 radical (unpaired) electrons. The Bertz CT molecular complexity index is 398. The van der Waals surface area contributed by atoms with E-state index < -0.39 is 0 Å². The van der Waals surface area contributed by atoms with Gasteiger partial charge in [0.25, 0.3) is 0 Å². The number of morpholine rings is 1. The van der Waals surface area contributed by atoms with Crippen molar-refractivity contribution in [3.05, 3.63) is 28.2 Å². The van der Waals surface area contributed by atoms with Crippen LogP contribution in [0, 0.1) is 0 Å². The monoisotopic (exact) mass is 285 g/mol. The Morgan fingerprint density at radius 2 is 2.38 bits per heavy atom. The fourth-order valence-corrected chi connectivity index (χ4v) is 1.98. The standard InChI is InChI=1S/C11H12BrNO3/c1-15-9-4-7(12)2-3-8(9)10-5-13-11(14)6-16-10/h2-4,10H,5-6H2,1H3,(H,13,14)/t10-/m1/s1. The maximum atomic E-state index is 11.0. The first-order chi connectivity index (χ1) is 7.70. The molecule has 0 spiro atoms. The van der Waals surface area contributed by atoms with E-state index in [-0.39, 0.29) is 18.6 Å². The first-order valence-corrected chi connectivity index (χ1v) is 5.71. The van der Waals surface area contributed by atoms with Gasteiger partial charge in [0.05, 0.1) is 7.11 Å². The van der Waals surface area contributed by atoms with Crippen LogP contribution in [0.3, 0.4) is 0 Å². The molecule has 16 heavy (non-hydrogen) atoms. The molecule has 1 fully saturated rings. The maximum absolute atomic E-state index is 11.0. The third kappa shape index (κ3) is 2.36. The zero-order chi connectivity index (χ0) is 11.5. The van der Waals surface area contributed by atoms with Gasteiger partial charge in [-0.2, -0.15) is 0 Å². The third-order valence-electron chi connectivity index (χ3n) is 2.44. The molecule has 1 N–H and O–H groups in total. The largest absolute Gasteiger partial charge is 0.496 e. The van der Waals surface area contributed by atoms with E-state index in [1.54, 1.807) is 7.11 Å². The molecule has 1 aliphatic rings. The van der Waals surface area contributed by atoms with Crippen molar-refractivity contribution in [2.24, 2.45) is 0 Å². The van der Waals surface area contributed by atoms with Crippen molar-refractivity contribution >= 4 is 21.8 Å². The molecule has 0 saturated carbocycles. The number of carbonyl (C=O) groups is 1. The molecule has 0 aromatic heterocycles. The summed E-state index contributed by atoms with van der Waals surface area (Å²) in [4.78, 5) is 11.0. The molecule has 1 aliphatic heterocycles. The lowest BCUT2D eigenvalue weighted by atomic mass is 10.1. The lowest BCUT2D eigenvalue weighted by Crippen LogP contribution is -2.38. The van der Waals surface area contributed by atoms with E-state index in [9.17, 15) is 4.79 Å². The summed E-state index contributed by atoms with van der Waals surface area (Å²) >= 11 is 3.38. The van der Waals surface area contributed by atoms with Crippen molar-refractivity contribution in [2.75, 3.05) is 20.3 Å². The smallest absolute Gasteiger partial charge is 0.246 e. The van der Waals surface area contributed by atoms with Gasteiger partial charge in [0.2, 0.25) is 5.91 Å². The van der Waals surface area contributed by atoms with Crippen molar-refractivity contribution in [3.8, 4) is 5.75 Å². The third-order valence-corrected chi connectivity index (χ3v) is 2.94. The van der Waals surface area contributed by atoms with Crippen LogP contribution in [0.25, 0.3) is 0 Å². The fraction of sp³-hybridized carbons (Fsp3) is 0.364. The fourth-order valence-electron chi connectivity index (χ4n) is 1.64. The highest BCUT2D eigenvalue weighted by Gasteiger charge is 2.22. The summed E-state index contributed by atoms with van der Waals surface area (Å²) in [7, 11) is 1.62. The molecule has 1 heterocycles. The predicted octanol–water partition coefficient (Wildman–Crippen LogP) is 1.65. The van der Waals surface area contributed by atoms with Crippen molar-refractivity contribution < 1.29 is 14.3 Å². The first kappa shape index (κ1) is 11.4. The minimum absolute atomic E-state index is 0.0765. The summed E-state index contributed by atoms with van der Waals surface area (Å²) in [6.07, 6.45) is -0.138. The van der Waals surface area contributed by atoms with Crippen LogP contribution >= 0.6 is 15.9 Å². The van der Waals surface area contributed by atoms with E-state index in [0.717, 1.165) is 15.8 Å². The average Bonchev–Trinajstić information content (AvgIpc) is 2.30. The summed E-state index contributed by atoms with van der Waals surface area (Å²) in [5.41, 5.74) is 0.950. The van der Waals surface area contributed by atoms with Gasteiger partial charge in [0.1, 0.15) is 18.5 Å². The van der Waals surface area contributed by atoms with Crippen molar-refractivity contribution in [3.63, 3.8) is 0 Å². The molecule has 0 bridgehead atoms. The van der Waals surface area contributed by atoms with E-state index in [0.29, 0.717) is 6.54 Å². The number of carbonyl (C=O) groups excluding carboxylic acids is 1. The second-order valence-electron chi connectivity index (χ2n) is 3.49. The number of amides is 1. The molecule has 5 heteroatoms. The van der Waals surface area contributed by atoms with Gasteiger partial charge < -0.3 is 14.8 Å². The van der Waals surface area contributed by atoms with E-state index in [1.807, 2.05) is 18.2 Å². The van der Waals surface area contributed by atoms with Gasteiger partial charge in [0, 0.05) is 16.6 Å². The van der Waals surface area contributed by atoms with Gasteiger partial charge in [-0.3, -0.25) is 4.79 Å². The summed E-state index contributed by atoms with van der Waals surface area (Å²) < 4.78 is 11.7. The predicted molar refractivity (Wildman–Crippen MR) is 62.4 cm³/mol. The summed E-state index contributed by atoms with van der Waals surface area (Å²) in [6.45, 7) is 0.584. The topological polar surface area (TPSA) is 47.6 Å². The zero-order valence-electron chi connectivity index (χ0n) is 8.83. The van der Waals surface area contributed by atoms with E-state index >= 15 is 0 Å².